The van der Waals surface area contributed by atoms with Gasteiger partial charge in [0.2, 0.25) is 0 Å². The average molecular weight is 445 g/mol. The van der Waals surface area contributed by atoms with Crippen molar-refractivity contribution in [3.05, 3.63) is 45.9 Å². The minimum atomic E-state index is -0.210. The number of benzene rings is 1. The molecule has 3 amide bonds. The lowest BCUT2D eigenvalue weighted by Gasteiger charge is -2.32. The van der Waals surface area contributed by atoms with Gasteiger partial charge in [0.25, 0.3) is 5.91 Å². The van der Waals surface area contributed by atoms with Crippen LogP contribution >= 0.6 is 11.3 Å². The van der Waals surface area contributed by atoms with Gasteiger partial charge < -0.3 is 20.7 Å². The second-order valence-corrected chi connectivity index (χ2v) is 9.06. The largest absolute Gasteiger partial charge is 0.486 e. The molecule has 1 heterocycles. The number of amides is 3. The van der Waals surface area contributed by atoms with Crippen LogP contribution in [-0.4, -0.2) is 35.6 Å². The Kier molecular flexibility index (Phi) is 8.28. The molecule has 2 atom stereocenters. The first-order valence-electron chi connectivity index (χ1n) is 11.0. The number of aromatic nitrogens is 1. The summed E-state index contributed by atoms with van der Waals surface area (Å²) in [6, 6.07) is 7.70. The normalized spacial score (nSPS) is 18.5. The van der Waals surface area contributed by atoms with Crippen LogP contribution in [0.1, 0.15) is 73.4 Å². The molecule has 1 saturated carbocycles. The topological polar surface area (TPSA) is 92.4 Å². The van der Waals surface area contributed by atoms with Crippen LogP contribution in [0.2, 0.25) is 0 Å². The van der Waals surface area contributed by atoms with E-state index in [9.17, 15) is 9.59 Å². The van der Waals surface area contributed by atoms with Gasteiger partial charge in [-0.2, -0.15) is 0 Å². The number of nitrogens with one attached hydrogen (secondary N) is 3. The number of carbonyl (C=O) groups is 2. The molecule has 1 aromatic heterocycles. The Hall–Kier alpha value is -2.61. The number of ether oxygens (including phenoxy) is 1. The molecule has 0 radical (unpaired) electrons. The summed E-state index contributed by atoms with van der Waals surface area (Å²) in [5, 5.41) is 11.3. The highest BCUT2D eigenvalue weighted by atomic mass is 32.1. The number of hydrogen-bond acceptors (Lipinski definition) is 5. The van der Waals surface area contributed by atoms with Crippen molar-refractivity contribution in [2.75, 3.05) is 6.54 Å². The van der Waals surface area contributed by atoms with E-state index in [0.717, 1.165) is 36.4 Å². The van der Waals surface area contributed by atoms with Crippen molar-refractivity contribution in [2.24, 2.45) is 0 Å². The summed E-state index contributed by atoms with van der Waals surface area (Å²) in [4.78, 5) is 29.1. The Morgan fingerprint density at radius 2 is 1.81 bits per heavy atom. The first kappa shape index (κ1) is 23.1. The van der Waals surface area contributed by atoms with Gasteiger partial charge in [-0.05, 0) is 43.4 Å². The summed E-state index contributed by atoms with van der Waals surface area (Å²) < 4.78 is 5.82. The zero-order valence-corrected chi connectivity index (χ0v) is 19.3. The summed E-state index contributed by atoms with van der Waals surface area (Å²) in [6.45, 7) is 7.09. The second-order valence-electron chi connectivity index (χ2n) is 8.11. The number of hydrogen-bond donors (Lipinski definition) is 3. The lowest BCUT2D eigenvalue weighted by molar-refractivity contribution is 0.0911. The smallest absolute Gasteiger partial charge is 0.315 e. The van der Waals surface area contributed by atoms with Crippen LogP contribution in [0.15, 0.2) is 29.6 Å². The SMILES string of the molecule is CCNC(=O)N[C@H]1CCCC[C@H]1NC(=O)c1csc(COc2ccc(C(C)C)cc2)n1. The van der Waals surface area contributed by atoms with Crippen LogP contribution in [0.4, 0.5) is 4.79 Å². The maximum atomic E-state index is 12.7. The van der Waals surface area contributed by atoms with Crippen molar-refractivity contribution in [3.63, 3.8) is 0 Å². The van der Waals surface area contributed by atoms with E-state index in [1.165, 1.54) is 16.9 Å². The van der Waals surface area contributed by atoms with Crippen LogP contribution in [-0.2, 0) is 6.61 Å². The summed E-state index contributed by atoms with van der Waals surface area (Å²) in [5.74, 6) is 1.06. The van der Waals surface area contributed by atoms with Crippen molar-refractivity contribution in [1.82, 2.24) is 20.9 Å². The van der Waals surface area contributed by atoms with Crippen molar-refractivity contribution >= 4 is 23.3 Å². The van der Waals surface area contributed by atoms with Gasteiger partial charge in [-0.1, -0.05) is 38.8 Å². The molecule has 1 aliphatic carbocycles. The summed E-state index contributed by atoms with van der Waals surface area (Å²) >= 11 is 1.41. The molecule has 0 unspecified atom stereocenters. The Labute approximate surface area is 188 Å². The summed E-state index contributed by atoms with van der Waals surface area (Å²) in [7, 11) is 0. The molecule has 2 aromatic rings. The summed E-state index contributed by atoms with van der Waals surface area (Å²) in [6.07, 6.45) is 3.77. The fraction of sp³-hybridized carbons (Fsp3) is 0.522. The highest BCUT2D eigenvalue weighted by Crippen LogP contribution is 2.21. The number of rotatable bonds is 8. The minimum Gasteiger partial charge on any atom is -0.486 e. The monoisotopic (exact) mass is 444 g/mol. The van der Waals surface area contributed by atoms with Crippen LogP contribution in [0.25, 0.3) is 0 Å². The number of carbonyl (C=O) groups excluding carboxylic acids is 2. The standard InChI is InChI=1S/C23H32N4O3S/c1-4-24-23(29)27-19-8-6-5-7-18(19)26-22(28)20-14-31-21(25-20)13-30-17-11-9-16(10-12-17)15(2)3/h9-12,14-15,18-19H,4-8,13H2,1-3H3,(H,26,28)(H2,24,27,29)/t18-,19+/m1/s1. The van der Waals surface area contributed by atoms with Crippen molar-refractivity contribution in [3.8, 4) is 5.75 Å². The Balaban J connectivity index is 1.53. The zero-order chi connectivity index (χ0) is 22.2. The van der Waals surface area contributed by atoms with Gasteiger partial charge in [0, 0.05) is 18.0 Å². The predicted octanol–water partition coefficient (Wildman–Crippen LogP) is 4.21. The van der Waals surface area contributed by atoms with E-state index in [-0.39, 0.29) is 24.0 Å². The van der Waals surface area contributed by atoms with Crippen LogP contribution in [0.3, 0.4) is 0 Å². The molecule has 7 nitrogen and oxygen atoms in total. The van der Waals surface area contributed by atoms with Crippen molar-refractivity contribution in [1.29, 1.82) is 0 Å². The van der Waals surface area contributed by atoms with Gasteiger partial charge in [-0.25, -0.2) is 9.78 Å². The first-order valence-corrected chi connectivity index (χ1v) is 11.9. The molecule has 31 heavy (non-hydrogen) atoms. The third-order valence-electron chi connectivity index (χ3n) is 5.43. The highest BCUT2D eigenvalue weighted by molar-refractivity contribution is 7.09. The van der Waals surface area contributed by atoms with E-state index in [4.69, 9.17) is 4.74 Å². The van der Waals surface area contributed by atoms with E-state index in [0.29, 0.717) is 24.8 Å². The molecule has 0 aliphatic heterocycles. The van der Waals surface area contributed by atoms with Gasteiger partial charge in [-0.3, -0.25) is 4.79 Å². The first-order chi connectivity index (χ1) is 15.0. The maximum absolute atomic E-state index is 12.7. The van der Waals surface area contributed by atoms with Gasteiger partial charge in [-0.15, -0.1) is 11.3 Å². The molecular weight excluding hydrogens is 412 g/mol. The molecule has 0 saturated heterocycles. The van der Waals surface area contributed by atoms with Crippen LogP contribution < -0.4 is 20.7 Å². The van der Waals surface area contributed by atoms with Crippen molar-refractivity contribution in [2.45, 2.75) is 71.1 Å². The zero-order valence-electron chi connectivity index (χ0n) is 18.4. The third-order valence-corrected chi connectivity index (χ3v) is 6.25. The molecule has 1 aliphatic rings. The molecular formula is C23H32N4O3S. The maximum Gasteiger partial charge on any atom is 0.315 e. The lowest BCUT2D eigenvalue weighted by Crippen LogP contribution is -2.55. The Morgan fingerprint density at radius 3 is 2.45 bits per heavy atom. The Bertz CT molecular complexity index is 866. The fourth-order valence-corrected chi connectivity index (χ4v) is 4.36. The highest BCUT2D eigenvalue weighted by Gasteiger charge is 2.28. The fourth-order valence-electron chi connectivity index (χ4n) is 3.67. The minimum absolute atomic E-state index is 0.0699. The quantitative estimate of drug-likeness (QED) is 0.569. The van der Waals surface area contributed by atoms with E-state index in [2.05, 4.69) is 46.9 Å². The van der Waals surface area contributed by atoms with Gasteiger partial charge in [0.1, 0.15) is 23.1 Å². The number of thiazole rings is 1. The lowest BCUT2D eigenvalue weighted by atomic mass is 9.90. The number of nitrogens with zero attached hydrogens (tertiary/aromatic N) is 1. The molecule has 168 valence electrons. The van der Waals surface area contributed by atoms with Crippen LogP contribution in [0, 0.1) is 0 Å². The van der Waals surface area contributed by atoms with Gasteiger partial charge in [0.05, 0.1) is 6.04 Å². The molecule has 8 heteroatoms. The second kappa shape index (κ2) is 11.1. The third kappa shape index (κ3) is 6.69. The van der Waals surface area contributed by atoms with E-state index >= 15 is 0 Å². The Morgan fingerprint density at radius 1 is 1.13 bits per heavy atom. The average Bonchev–Trinajstić information content (AvgIpc) is 3.23. The molecule has 0 bridgehead atoms. The summed E-state index contributed by atoms with van der Waals surface area (Å²) in [5.41, 5.74) is 1.66. The van der Waals surface area contributed by atoms with Gasteiger partial charge in [0.15, 0.2) is 0 Å². The van der Waals surface area contributed by atoms with Crippen LogP contribution in [0.5, 0.6) is 5.75 Å². The molecule has 3 N–H and O–H groups in total. The number of urea groups is 1. The molecule has 1 fully saturated rings. The van der Waals surface area contributed by atoms with E-state index in [1.807, 2.05) is 19.1 Å². The predicted molar refractivity (Wildman–Crippen MR) is 123 cm³/mol. The van der Waals surface area contributed by atoms with E-state index < -0.39 is 0 Å². The molecule has 0 spiro atoms. The molecule has 1 aromatic carbocycles. The van der Waals surface area contributed by atoms with Gasteiger partial charge >= 0.3 is 6.03 Å². The van der Waals surface area contributed by atoms with Crippen molar-refractivity contribution < 1.29 is 14.3 Å². The van der Waals surface area contributed by atoms with E-state index in [1.54, 1.807) is 5.38 Å². The molecule has 3 rings (SSSR count).